The average Bonchev–Trinajstić information content (AvgIpc) is 3.13. The Morgan fingerprint density at radius 2 is 2.04 bits per heavy atom. The van der Waals surface area contributed by atoms with Gasteiger partial charge >= 0.3 is 0 Å². The molecule has 1 heterocycles. The fraction of sp³-hybridized carbons (Fsp3) is 0.316. The van der Waals surface area contributed by atoms with Crippen molar-refractivity contribution in [2.24, 2.45) is 0 Å². The molecule has 140 valence electrons. The zero-order valence-corrected chi connectivity index (χ0v) is 15.2. The fourth-order valence-corrected chi connectivity index (χ4v) is 2.97. The number of hydrogen-bond donors (Lipinski definition) is 2. The van der Waals surface area contributed by atoms with E-state index in [4.69, 9.17) is 4.74 Å². The van der Waals surface area contributed by atoms with Crippen LogP contribution in [0.1, 0.15) is 23.2 Å². The number of benzene rings is 2. The maximum absolute atomic E-state index is 14.3. The molecule has 1 aliphatic rings. The van der Waals surface area contributed by atoms with Gasteiger partial charge in [-0.25, -0.2) is 8.78 Å². The minimum Gasteiger partial charge on any atom is -0.497 e. The number of carbonyl (C=O) groups excluding carboxylic acids is 1. The molecule has 1 saturated heterocycles. The first-order valence-electron chi connectivity index (χ1n) is 8.23. The van der Waals surface area contributed by atoms with Crippen molar-refractivity contribution in [1.82, 2.24) is 10.6 Å². The molecule has 2 aromatic rings. The number of halogens is 3. The number of hydrogen-bond acceptors (Lipinski definition) is 3. The van der Waals surface area contributed by atoms with Crippen LogP contribution < -0.4 is 15.4 Å². The monoisotopic (exact) mass is 382 g/mol. The molecule has 3 rings (SSSR count). The Balaban J connectivity index is 0.00000243. The Morgan fingerprint density at radius 1 is 1.23 bits per heavy atom. The molecule has 0 aromatic heterocycles. The second kappa shape index (κ2) is 8.96. The Morgan fingerprint density at radius 3 is 2.65 bits per heavy atom. The summed E-state index contributed by atoms with van der Waals surface area (Å²) in [5.41, 5.74) is 0.573. The number of carbonyl (C=O) groups is 1. The molecule has 7 heteroatoms. The third-order valence-corrected chi connectivity index (χ3v) is 4.37. The molecule has 1 aliphatic heterocycles. The quantitative estimate of drug-likeness (QED) is 0.831. The van der Waals surface area contributed by atoms with Crippen molar-refractivity contribution < 1.29 is 18.3 Å². The highest BCUT2D eigenvalue weighted by Crippen LogP contribution is 2.27. The van der Waals surface area contributed by atoms with Gasteiger partial charge in [0.2, 0.25) is 0 Å². The van der Waals surface area contributed by atoms with Gasteiger partial charge in [-0.05, 0) is 49.2 Å². The van der Waals surface area contributed by atoms with Crippen molar-refractivity contribution in [3.63, 3.8) is 0 Å². The Bertz CT molecular complexity index is 780. The molecule has 2 N–H and O–H groups in total. The summed E-state index contributed by atoms with van der Waals surface area (Å²) < 4.78 is 33.4. The molecular weight excluding hydrogens is 362 g/mol. The van der Waals surface area contributed by atoms with Gasteiger partial charge in [0.15, 0.2) is 0 Å². The summed E-state index contributed by atoms with van der Waals surface area (Å²) in [5, 5.41) is 6.00. The van der Waals surface area contributed by atoms with Gasteiger partial charge < -0.3 is 15.4 Å². The third-order valence-electron chi connectivity index (χ3n) is 4.37. The molecule has 0 bridgehead atoms. The van der Waals surface area contributed by atoms with E-state index in [0.717, 1.165) is 19.4 Å². The Labute approximate surface area is 157 Å². The predicted octanol–water partition coefficient (Wildman–Crippen LogP) is 3.54. The van der Waals surface area contributed by atoms with Crippen LogP contribution in [-0.2, 0) is 0 Å². The van der Waals surface area contributed by atoms with Gasteiger partial charge in [0.25, 0.3) is 5.91 Å². The molecule has 0 spiro atoms. The molecular formula is C19H21ClF2N2O2. The van der Waals surface area contributed by atoms with E-state index in [1.54, 1.807) is 6.07 Å². The highest BCUT2D eigenvalue weighted by atomic mass is 35.5. The van der Waals surface area contributed by atoms with Crippen LogP contribution >= 0.6 is 12.4 Å². The van der Waals surface area contributed by atoms with Crippen molar-refractivity contribution in [2.75, 3.05) is 20.2 Å². The minimum atomic E-state index is -0.676. The van der Waals surface area contributed by atoms with Crippen LogP contribution in [-0.4, -0.2) is 32.1 Å². The van der Waals surface area contributed by atoms with E-state index < -0.39 is 17.5 Å². The van der Waals surface area contributed by atoms with Crippen molar-refractivity contribution >= 4 is 18.3 Å². The Kier molecular flexibility index (Phi) is 6.94. The van der Waals surface area contributed by atoms with Crippen LogP contribution in [0.3, 0.4) is 0 Å². The van der Waals surface area contributed by atoms with Gasteiger partial charge in [-0.1, -0.05) is 6.07 Å². The van der Waals surface area contributed by atoms with E-state index in [1.165, 1.54) is 37.4 Å². The summed E-state index contributed by atoms with van der Waals surface area (Å²) >= 11 is 0. The number of rotatable bonds is 5. The van der Waals surface area contributed by atoms with E-state index >= 15 is 0 Å². The van der Waals surface area contributed by atoms with Crippen LogP contribution in [0.5, 0.6) is 5.75 Å². The lowest BCUT2D eigenvalue weighted by Crippen LogP contribution is -2.37. The van der Waals surface area contributed by atoms with Gasteiger partial charge in [-0.15, -0.1) is 12.4 Å². The zero-order chi connectivity index (χ0) is 17.8. The van der Waals surface area contributed by atoms with Gasteiger partial charge in [-0.2, -0.15) is 0 Å². The third kappa shape index (κ3) is 4.51. The molecule has 2 aromatic carbocycles. The molecule has 1 atom stereocenters. The van der Waals surface area contributed by atoms with E-state index in [0.29, 0.717) is 17.9 Å². The lowest BCUT2D eigenvalue weighted by molar-refractivity contribution is 0.0946. The topological polar surface area (TPSA) is 50.4 Å². The molecule has 4 nitrogen and oxygen atoms in total. The average molecular weight is 383 g/mol. The van der Waals surface area contributed by atoms with Gasteiger partial charge in [-0.3, -0.25) is 4.79 Å². The summed E-state index contributed by atoms with van der Waals surface area (Å²) in [7, 11) is 1.45. The molecule has 26 heavy (non-hydrogen) atoms. The Hall–Kier alpha value is -2.18. The number of methoxy groups -OCH3 is 1. The summed E-state index contributed by atoms with van der Waals surface area (Å²) in [6, 6.07) is 8.69. The lowest BCUT2D eigenvalue weighted by Gasteiger charge is -2.12. The van der Waals surface area contributed by atoms with Crippen LogP contribution in [0, 0.1) is 11.6 Å². The maximum Gasteiger partial charge on any atom is 0.254 e. The maximum atomic E-state index is 14.3. The van der Waals surface area contributed by atoms with Crippen molar-refractivity contribution in [1.29, 1.82) is 0 Å². The first-order chi connectivity index (χ1) is 12.1. The van der Waals surface area contributed by atoms with E-state index in [-0.39, 0.29) is 29.6 Å². The summed E-state index contributed by atoms with van der Waals surface area (Å²) in [4.78, 5) is 12.2. The minimum absolute atomic E-state index is 0. The number of amides is 1. The summed E-state index contributed by atoms with van der Waals surface area (Å²) in [6.45, 7) is 1.41. The van der Waals surface area contributed by atoms with Crippen molar-refractivity contribution in [3.05, 3.63) is 53.6 Å². The van der Waals surface area contributed by atoms with Crippen molar-refractivity contribution in [2.45, 2.75) is 18.9 Å². The largest absolute Gasteiger partial charge is 0.497 e. The highest BCUT2D eigenvalue weighted by molar-refractivity contribution is 5.95. The van der Waals surface area contributed by atoms with E-state index in [9.17, 15) is 13.6 Å². The van der Waals surface area contributed by atoms with Crippen LogP contribution in [0.4, 0.5) is 8.78 Å². The van der Waals surface area contributed by atoms with Crippen molar-refractivity contribution in [3.8, 4) is 16.9 Å². The van der Waals surface area contributed by atoms with Gasteiger partial charge in [0.1, 0.15) is 17.4 Å². The van der Waals surface area contributed by atoms with E-state index in [1.807, 2.05) is 0 Å². The highest BCUT2D eigenvalue weighted by Gasteiger charge is 2.18. The SMILES string of the molecule is COc1ccc(-c2ccc(C(=O)NCC3CCCN3)c(F)c2)c(F)c1.Cl. The smallest absolute Gasteiger partial charge is 0.254 e. The van der Waals surface area contributed by atoms with Gasteiger partial charge in [0, 0.05) is 24.2 Å². The van der Waals surface area contributed by atoms with Crippen LogP contribution in [0.15, 0.2) is 36.4 Å². The second-order valence-electron chi connectivity index (χ2n) is 6.04. The second-order valence-corrected chi connectivity index (χ2v) is 6.04. The summed E-state index contributed by atoms with van der Waals surface area (Å²) in [6.07, 6.45) is 2.08. The van der Waals surface area contributed by atoms with Gasteiger partial charge in [0.05, 0.1) is 12.7 Å². The van der Waals surface area contributed by atoms with Crippen LogP contribution in [0.25, 0.3) is 11.1 Å². The molecule has 0 saturated carbocycles. The van der Waals surface area contributed by atoms with E-state index in [2.05, 4.69) is 10.6 Å². The predicted molar refractivity (Wildman–Crippen MR) is 99.0 cm³/mol. The molecule has 0 radical (unpaired) electrons. The molecule has 0 aliphatic carbocycles. The standard InChI is InChI=1S/C19H20F2N2O2.ClH/c1-25-14-5-7-15(18(21)10-14)12-4-6-16(17(20)9-12)19(24)23-11-13-3-2-8-22-13;/h4-7,9-10,13,22H,2-3,8,11H2,1H3,(H,23,24);1H. The van der Waals surface area contributed by atoms with Crippen LogP contribution in [0.2, 0.25) is 0 Å². The number of nitrogens with one attached hydrogen (secondary N) is 2. The molecule has 1 unspecified atom stereocenters. The first-order valence-corrected chi connectivity index (χ1v) is 8.23. The molecule has 1 amide bonds. The normalized spacial score (nSPS) is 16.0. The zero-order valence-electron chi connectivity index (χ0n) is 14.4. The first kappa shape index (κ1) is 20.1. The summed E-state index contributed by atoms with van der Waals surface area (Å²) in [5.74, 6) is -1.26. The number of ether oxygens (including phenoxy) is 1. The lowest BCUT2D eigenvalue weighted by atomic mass is 10.0. The fourth-order valence-electron chi connectivity index (χ4n) is 2.97. The molecule has 1 fully saturated rings.